The molecule has 12 heteroatoms. The molecule has 0 rings (SSSR count). The molecule has 0 bridgehead atoms. The van der Waals surface area contributed by atoms with Gasteiger partial charge in [0.2, 0.25) is 17.7 Å². The van der Waals surface area contributed by atoms with E-state index in [1.165, 1.54) is 11.8 Å². The van der Waals surface area contributed by atoms with Gasteiger partial charge in [-0.3, -0.25) is 19.2 Å². The van der Waals surface area contributed by atoms with E-state index in [9.17, 15) is 29.1 Å². The SMILES string of the molecule is CCC(C)C(N)C(=O)NC(CC(=O)O)C(=O)NC(CCSC)C(=O)NC(C(=O)O)C(C)C. The lowest BCUT2D eigenvalue weighted by molar-refractivity contribution is -0.144. The largest absolute Gasteiger partial charge is 0.481 e. The third-order valence-corrected chi connectivity index (χ3v) is 5.69. The van der Waals surface area contributed by atoms with Crippen LogP contribution in [-0.2, 0) is 24.0 Å². The summed E-state index contributed by atoms with van der Waals surface area (Å²) < 4.78 is 0. The number of carboxylic acids is 2. The predicted molar refractivity (Wildman–Crippen MR) is 121 cm³/mol. The van der Waals surface area contributed by atoms with Gasteiger partial charge in [-0.25, -0.2) is 4.79 Å². The molecule has 0 aliphatic rings. The molecule has 184 valence electrons. The van der Waals surface area contributed by atoms with Gasteiger partial charge in [0.25, 0.3) is 0 Å². The monoisotopic (exact) mass is 476 g/mol. The molecule has 0 heterocycles. The van der Waals surface area contributed by atoms with Crippen LogP contribution in [0, 0.1) is 11.8 Å². The lowest BCUT2D eigenvalue weighted by Gasteiger charge is -2.26. The van der Waals surface area contributed by atoms with Crippen LogP contribution in [0.1, 0.15) is 47.0 Å². The minimum Gasteiger partial charge on any atom is -0.481 e. The number of carbonyl (C=O) groups is 5. The summed E-state index contributed by atoms with van der Waals surface area (Å²) in [5.41, 5.74) is 5.86. The third kappa shape index (κ3) is 10.3. The fraction of sp³-hybridized carbons (Fsp3) is 0.750. The Hall–Kier alpha value is -2.34. The summed E-state index contributed by atoms with van der Waals surface area (Å²) in [5, 5.41) is 25.7. The van der Waals surface area contributed by atoms with Crippen molar-refractivity contribution in [1.82, 2.24) is 16.0 Å². The molecule has 0 aliphatic carbocycles. The van der Waals surface area contributed by atoms with E-state index in [2.05, 4.69) is 16.0 Å². The summed E-state index contributed by atoms with van der Waals surface area (Å²) >= 11 is 1.42. The summed E-state index contributed by atoms with van der Waals surface area (Å²) in [5.74, 6) is -4.87. The fourth-order valence-corrected chi connectivity index (χ4v) is 3.18. The number of carboxylic acid groups (broad SMARTS) is 2. The van der Waals surface area contributed by atoms with Crippen molar-refractivity contribution >= 4 is 41.4 Å². The molecule has 3 amide bonds. The zero-order valence-corrected chi connectivity index (χ0v) is 20.0. The lowest BCUT2D eigenvalue weighted by Crippen LogP contribution is -2.58. The Labute approximate surface area is 192 Å². The van der Waals surface area contributed by atoms with Crippen molar-refractivity contribution in [2.75, 3.05) is 12.0 Å². The van der Waals surface area contributed by atoms with Gasteiger partial charge in [-0.1, -0.05) is 34.1 Å². The zero-order chi connectivity index (χ0) is 25.0. The Morgan fingerprint density at radius 3 is 1.88 bits per heavy atom. The maximum atomic E-state index is 12.8. The summed E-state index contributed by atoms with van der Waals surface area (Å²) in [7, 11) is 0. The molecule has 0 aromatic carbocycles. The van der Waals surface area contributed by atoms with Crippen LogP contribution in [0.3, 0.4) is 0 Å². The van der Waals surface area contributed by atoms with E-state index in [4.69, 9.17) is 10.8 Å². The van der Waals surface area contributed by atoms with Crippen LogP contribution in [0.5, 0.6) is 0 Å². The standard InChI is InChI=1S/C20H36N4O7S/c1-6-11(4)15(21)19(29)23-13(9-14(25)26)18(28)22-12(7-8-32-5)17(27)24-16(10(2)3)20(30)31/h10-13,15-16H,6-9,21H2,1-5H3,(H,22,28)(H,23,29)(H,24,27)(H,25,26)(H,30,31). The van der Waals surface area contributed by atoms with Crippen molar-refractivity contribution in [1.29, 1.82) is 0 Å². The van der Waals surface area contributed by atoms with Crippen molar-refractivity contribution in [3.8, 4) is 0 Å². The molecule has 0 fully saturated rings. The van der Waals surface area contributed by atoms with Gasteiger partial charge in [-0.2, -0.15) is 11.8 Å². The number of amides is 3. The maximum absolute atomic E-state index is 12.8. The van der Waals surface area contributed by atoms with Gasteiger partial charge in [0.05, 0.1) is 12.5 Å². The number of hydrogen-bond acceptors (Lipinski definition) is 7. The van der Waals surface area contributed by atoms with E-state index in [-0.39, 0.29) is 12.3 Å². The first kappa shape index (κ1) is 29.7. The number of carbonyl (C=O) groups excluding carboxylic acids is 3. The van der Waals surface area contributed by atoms with Gasteiger partial charge >= 0.3 is 11.9 Å². The Bertz CT molecular complexity index is 674. The predicted octanol–water partition coefficient (Wildman–Crippen LogP) is -0.217. The second-order valence-corrected chi connectivity index (χ2v) is 8.97. The molecule has 32 heavy (non-hydrogen) atoms. The van der Waals surface area contributed by atoms with E-state index in [0.29, 0.717) is 12.2 Å². The average molecular weight is 477 g/mol. The smallest absolute Gasteiger partial charge is 0.326 e. The molecule has 0 spiro atoms. The van der Waals surface area contributed by atoms with Gasteiger partial charge in [0.1, 0.15) is 18.1 Å². The second kappa shape index (κ2) is 14.7. The number of nitrogens with one attached hydrogen (secondary N) is 3. The summed E-state index contributed by atoms with van der Waals surface area (Å²) in [6, 6.07) is -4.63. The average Bonchev–Trinajstić information content (AvgIpc) is 2.71. The molecular weight excluding hydrogens is 440 g/mol. The Morgan fingerprint density at radius 2 is 1.44 bits per heavy atom. The number of rotatable bonds is 15. The molecule has 0 aromatic rings. The normalized spacial score (nSPS) is 15.7. The minimum atomic E-state index is -1.44. The maximum Gasteiger partial charge on any atom is 0.326 e. The van der Waals surface area contributed by atoms with Crippen molar-refractivity contribution in [2.24, 2.45) is 17.6 Å². The lowest BCUT2D eigenvalue weighted by atomic mass is 9.99. The Balaban J connectivity index is 5.51. The van der Waals surface area contributed by atoms with E-state index >= 15 is 0 Å². The summed E-state index contributed by atoms with van der Waals surface area (Å²) in [4.78, 5) is 60.5. The van der Waals surface area contributed by atoms with Gasteiger partial charge in [-0.15, -0.1) is 0 Å². The molecular formula is C20H36N4O7S. The number of nitrogens with two attached hydrogens (primary N) is 1. The van der Waals surface area contributed by atoms with Crippen LogP contribution < -0.4 is 21.7 Å². The van der Waals surface area contributed by atoms with Gasteiger partial charge in [0.15, 0.2) is 0 Å². The van der Waals surface area contributed by atoms with Crippen LogP contribution >= 0.6 is 11.8 Å². The zero-order valence-electron chi connectivity index (χ0n) is 19.2. The fourth-order valence-electron chi connectivity index (χ4n) is 2.71. The number of thioether (sulfide) groups is 1. The van der Waals surface area contributed by atoms with Crippen molar-refractivity contribution in [2.45, 2.75) is 71.1 Å². The van der Waals surface area contributed by atoms with Crippen molar-refractivity contribution < 1.29 is 34.2 Å². The molecule has 5 atom stereocenters. The van der Waals surface area contributed by atoms with Crippen molar-refractivity contribution in [3.63, 3.8) is 0 Å². The summed E-state index contributed by atoms with van der Waals surface area (Å²) in [6.45, 7) is 6.86. The number of aliphatic carboxylic acids is 2. The quantitative estimate of drug-likeness (QED) is 0.186. The highest BCUT2D eigenvalue weighted by Crippen LogP contribution is 2.08. The van der Waals surface area contributed by atoms with Crippen LogP contribution in [-0.4, -0.2) is 76.0 Å². The van der Waals surface area contributed by atoms with Gasteiger partial charge in [0, 0.05) is 0 Å². The van der Waals surface area contributed by atoms with E-state index in [1.54, 1.807) is 27.0 Å². The highest BCUT2D eigenvalue weighted by molar-refractivity contribution is 7.98. The molecule has 7 N–H and O–H groups in total. The molecule has 0 saturated carbocycles. The van der Waals surface area contributed by atoms with E-state index < -0.39 is 66.2 Å². The minimum absolute atomic E-state index is 0.184. The third-order valence-electron chi connectivity index (χ3n) is 5.05. The Morgan fingerprint density at radius 1 is 0.906 bits per heavy atom. The summed E-state index contributed by atoms with van der Waals surface area (Å²) in [6.07, 6.45) is 1.89. The van der Waals surface area contributed by atoms with E-state index in [1.807, 2.05) is 6.92 Å². The molecule has 11 nitrogen and oxygen atoms in total. The first-order valence-corrected chi connectivity index (χ1v) is 11.8. The molecule has 0 aromatic heterocycles. The van der Waals surface area contributed by atoms with Crippen LogP contribution in [0.25, 0.3) is 0 Å². The van der Waals surface area contributed by atoms with Crippen LogP contribution in [0.2, 0.25) is 0 Å². The molecule has 0 saturated heterocycles. The van der Waals surface area contributed by atoms with Crippen LogP contribution in [0.4, 0.5) is 0 Å². The van der Waals surface area contributed by atoms with E-state index in [0.717, 1.165) is 0 Å². The van der Waals surface area contributed by atoms with Crippen molar-refractivity contribution in [3.05, 3.63) is 0 Å². The highest BCUT2D eigenvalue weighted by Gasteiger charge is 2.32. The first-order valence-electron chi connectivity index (χ1n) is 10.5. The van der Waals surface area contributed by atoms with Gasteiger partial charge in [-0.05, 0) is 30.3 Å². The highest BCUT2D eigenvalue weighted by atomic mass is 32.2. The molecule has 5 unspecified atom stereocenters. The van der Waals surface area contributed by atoms with Gasteiger partial charge < -0.3 is 31.9 Å². The number of hydrogen-bond donors (Lipinski definition) is 6. The molecule has 0 aliphatic heterocycles. The first-order chi connectivity index (χ1) is 14.8. The second-order valence-electron chi connectivity index (χ2n) is 7.98. The van der Waals surface area contributed by atoms with Crippen LogP contribution in [0.15, 0.2) is 0 Å². The topological polar surface area (TPSA) is 188 Å². The molecule has 0 radical (unpaired) electrons. The Kier molecular flexibility index (Phi) is 13.6.